The first-order valence-corrected chi connectivity index (χ1v) is 5.78. The van der Waals surface area contributed by atoms with E-state index in [0.717, 1.165) is 5.69 Å². The Balaban J connectivity index is 0.00000162. The molecule has 2 nitrogen and oxygen atoms in total. The van der Waals surface area contributed by atoms with E-state index in [4.69, 9.17) is 11.6 Å². The summed E-state index contributed by atoms with van der Waals surface area (Å²) >= 11 is 5.79. The van der Waals surface area contributed by atoms with Gasteiger partial charge in [0.2, 0.25) is 12.3 Å². The minimum atomic E-state index is 0. The molecule has 0 bridgehead atoms. The van der Waals surface area contributed by atoms with Crippen LogP contribution in [0.1, 0.15) is 16.1 Å². The molecule has 2 rings (SSSR count). The average molecular weight is 328 g/mol. The van der Waals surface area contributed by atoms with Crippen LogP contribution in [0.4, 0.5) is 0 Å². The summed E-state index contributed by atoms with van der Waals surface area (Å²) in [7, 11) is 0. The fourth-order valence-corrected chi connectivity index (χ4v) is 1.75. The lowest BCUT2D eigenvalue weighted by atomic mass is 10.1. The number of aromatic nitrogens is 1. The third-order valence-corrected chi connectivity index (χ3v) is 2.90. The molecule has 4 heteroatoms. The monoisotopic (exact) mass is 326 g/mol. The van der Waals surface area contributed by atoms with Gasteiger partial charge in [-0.15, -0.1) is 17.0 Å². The van der Waals surface area contributed by atoms with E-state index in [0.29, 0.717) is 17.1 Å². The van der Waals surface area contributed by atoms with Crippen LogP contribution in [0.25, 0.3) is 0 Å². The van der Waals surface area contributed by atoms with E-state index in [1.807, 2.05) is 35.9 Å². The highest BCUT2D eigenvalue weighted by Crippen LogP contribution is 2.10. The lowest BCUT2D eigenvalue weighted by Crippen LogP contribution is -2.40. The zero-order valence-electron chi connectivity index (χ0n) is 9.97. The third-order valence-electron chi connectivity index (χ3n) is 2.65. The van der Waals surface area contributed by atoms with Gasteiger partial charge in [0.1, 0.15) is 0 Å². The SMILES string of the molecule is Br.Cc1cccc[n+]1CC(=O)c1ccc(Cl)cc1. The number of halogens is 2. The average Bonchev–Trinajstić information content (AvgIpc) is 2.33. The maximum absolute atomic E-state index is 12.0. The summed E-state index contributed by atoms with van der Waals surface area (Å²) in [6, 6.07) is 12.8. The number of carbonyl (C=O) groups excluding carboxylic acids is 1. The summed E-state index contributed by atoms with van der Waals surface area (Å²) in [4.78, 5) is 12.0. The van der Waals surface area contributed by atoms with E-state index < -0.39 is 0 Å². The van der Waals surface area contributed by atoms with Crippen LogP contribution >= 0.6 is 28.6 Å². The number of benzene rings is 1. The van der Waals surface area contributed by atoms with Crippen LogP contribution in [-0.2, 0) is 6.54 Å². The molecule has 0 saturated heterocycles. The Bertz CT molecular complexity index is 540. The number of hydrogen-bond acceptors (Lipinski definition) is 1. The maximum atomic E-state index is 12.0. The molecule has 1 heterocycles. The number of hydrogen-bond donors (Lipinski definition) is 0. The highest BCUT2D eigenvalue weighted by atomic mass is 79.9. The van der Waals surface area contributed by atoms with Gasteiger partial charge in [-0.25, -0.2) is 0 Å². The van der Waals surface area contributed by atoms with Crippen LogP contribution in [0.5, 0.6) is 0 Å². The van der Waals surface area contributed by atoms with Gasteiger partial charge < -0.3 is 0 Å². The molecule has 0 saturated carbocycles. The number of rotatable bonds is 3. The molecular formula is C14H14BrClNO+. The molecule has 0 atom stereocenters. The first kappa shape index (κ1) is 14.9. The van der Waals surface area contributed by atoms with Crippen molar-refractivity contribution >= 4 is 34.4 Å². The molecular weight excluding hydrogens is 314 g/mol. The summed E-state index contributed by atoms with van der Waals surface area (Å²) in [5.74, 6) is 0.0842. The molecule has 0 spiro atoms. The largest absolute Gasteiger partial charge is 0.287 e. The van der Waals surface area contributed by atoms with Crippen LogP contribution in [0.15, 0.2) is 48.7 Å². The van der Waals surface area contributed by atoms with Crippen molar-refractivity contribution in [2.75, 3.05) is 0 Å². The molecule has 2 aromatic rings. The van der Waals surface area contributed by atoms with Gasteiger partial charge in [0.15, 0.2) is 11.9 Å². The predicted molar refractivity (Wildman–Crippen MR) is 77.5 cm³/mol. The zero-order chi connectivity index (χ0) is 12.3. The van der Waals surface area contributed by atoms with Crippen molar-refractivity contribution in [3.8, 4) is 0 Å². The van der Waals surface area contributed by atoms with E-state index >= 15 is 0 Å². The Morgan fingerprint density at radius 3 is 2.44 bits per heavy atom. The molecule has 0 aliphatic heterocycles. The second-order valence-electron chi connectivity index (χ2n) is 3.90. The number of pyridine rings is 1. The van der Waals surface area contributed by atoms with E-state index in [1.165, 1.54) is 0 Å². The minimum Gasteiger partial charge on any atom is -0.287 e. The summed E-state index contributed by atoms with van der Waals surface area (Å²) in [5, 5.41) is 0.644. The quantitative estimate of drug-likeness (QED) is 0.625. The fourth-order valence-electron chi connectivity index (χ4n) is 1.62. The highest BCUT2D eigenvalue weighted by molar-refractivity contribution is 8.93. The van der Waals surface area contributed by atoms with Crippen molar-refractivity contribution in [1.82, 2.24) is 0 Å². The van der Waals surface area contributed by atoms with Gasteiger partial charge >= 0.3 is 0 Å². The molecule has 0 aliphatic rings. The van der Waals surface area contributed by atoms with Crippen molar-refractivity contribution in [2.45, 2.75) is 13.5 Å². The van der Waals surface area contributed by atoms with Crippen LogP contribution < -0.4 is 4.57 Å². The number of aryl methyl sites for hydroxylation is 1. The van der Waals surface area contributed by atoms with Crippen LogP contribution in [-0.4, -0.2) is 5.78 Å². The molecule has 94 valence electrons. The minimum absolute atomic E-state index is 0. The van der Waals surface area contributed by atoms with Gasteiger partial charge in [-0.05, 0) is 24.3 Å². The normalized spacial score (nSPS) is 9.67. The summed E-state index contributed by atoms with van der Waals surface area (Å²) < 4.78 is 1.93. The first-order chi connectivity index (χ1) is 8.16. The Kier molecular flexibility index (Phi) is 5.51. The second-order valence-corrected chi connectivity index (χ2v) is 4.34. The molecule has 1 aromatic carbocycles. The number of nitrogens with zero attached hydrogens (tertiary/aromatic N) is 1. The third kappa shape index (κ3) is 3.65. The Hall–Kier alpha value is -1.19. The zero-order valence-corrected chi connectivity index (χ0v) is 12.4. The summed E-state index contributed by atoms with van der Waals surface area (Å²) in [6.07, 6.45) is 1.91. The van der Waals surface area contributed by atoms with E-state index in [2.05, 4.69) is 0 Å². The molecule has 0 aliphatic carbocycles. The summed E-state index contributed by atoms with van der Waals surface area (Å²) in [6.45, 7) is 2.34. The van der Waals surface area contributed by atoms with Crippen molar-refractivity contribution in [3.63, 3.8) is 0 Å². The smallest absolute Gasteiger partial charge is 0.227 e. The fraction of sp³-hybridized carbons (Fsp3) is 0.143. The molecule has 0 N–H and O–H groups in total. The predicted octanol–water partition coefficient (Wildman–Crippen LogP) is 3.40. The number of Topliss-reactive ketones (excluding diaryl/α,β-unsaturated/α-hetero) is 1. The molecule has 18 heavy (non-hydrogen) atoms. The Labute approximate surface area is 122 Å². The first-order valence-electron chi connectivity index (χ1n) is 5.40. The number of carbonyl (C=O) groups is 1. The molecule has 1 aromatic heterocycles. The van der Waals surface area contributed by atoms with Crippen molar-refractivity contribution in [2.24, 2.45) is 0 Å². The van der Waals surface area contributed by atoms with Crippen LogP contribution in [0.2, 0.25) is 5.02 Å². The highest BCUT2D eigenvalue weighted by Gasteiger charge is 2.13. The maximum Gasteiger partial charge on any atom is 0.227 e. The van der Waals surface area contributed by atoms with Gasteiger partial charge in [-0.1, -0.05) is 17.7 Å². The van der Waals surface area contributed by atoms with Crippen LogP contribution in [0, 0.1) is 6.92 Å². The summed E-state index contributed by atoms with van der Waals surface area (Å²) in [5.41, 5.74) is 1.75. The van der Waals surface area contributed by atoms with Crippen molar-refractivity contribution < 1.29 is 9.36 Å². The van der Waals surface area contributed by atoms with Gasteiger partial charge in [-0.2, -0.15) is 4.57 Å². The lowest BCUT2D eigenvalue weighted by Gasteiger charge is -2.00. The van der Waals surface area contributed by atoms with Gasteiger partial charge in [0.25, 0.3) is 0 Å². The van der Waals surface area contributed by atoms with Crippen molar-refractivity contribution in [1.29, 1.82) is 0 Å². The Morgan fingerprint density at radius 2 is 1.83 bits per heavy atom. The Morgan fingerprint density at radius 1 is 1.17 bits per heavy atom. The molecule has 0 fully saturated rings. The number of ketones is 1. The van der Waals surface area contributed by atoms with Gasteiger partial charge in [0, 0.05) is 29.6 Å². The topological polar surface area (TPSA) is 20.9 Å². The van der Waals surface area contributed by atoms with Crippen molar-refractivity contribution in [3.05, 3.63) is 64.9 Å². The van der Waals surface area contributed by atoms with Crippen LogP contribution in [0.3, 0.4) is 0 Å². The van der Waals surface area contributed by atoms with E-state index in [-0.39, 0.29) is 22.8 Å². The standard InChI is InChI=1S/C14H13ClNO.BrH/c1-11-4-2-3-9-16(11)10-14(17)12-5-7-13(15)8-6-12;/h2-9H,10H2,1H3;1H/q+1;. The molecule has 0 radical (unpaired) electrons. The van der Waals surface area contributed by atoms with E-state index in [1.54, 1.807) is 24.3 Å². The van der Waals surface area contributed by atoms with E-state index in [9.17, 15) is 4.79 Å². The molecule has 0 unspecified atom stereocenters. The lowest BCUT2D eigenvalue weighted by molar-refractivity contribution is -0.689. The second kappa shape index (κ2) is 6.66. The molecule has 0 amide bonds. The van der Waals surface area contributed by atoms with Gasteiger partial charge in [-0.3, -0.25) is 4.79 Å². The van der Waals surface area contributed by atoms with Gasteiger partial charge in [0.05, 0.1) is 0 Å².